The molecule has 2 aromatic carbocycles. The minimum Gasteiger partial charge on any atom is -0.454 e. The molecule has 0 radical (unpaired) electrons. The number of benzene rings is 2. The predicted octanol–water partition coefficient (Wildman–Crippen LogP) is 8.43. The average Bonchev–Trinajstić information content (AvgIpc) is 3.55. The monoisotopic (exact) mass is 658 g/mol. The van der Waals surface area contributed by atoms with E-state index in [9.17, 15) is 18.0 Å². The summed E-state index contributed by atoms with van der Waals surface area (Å²) in [7, 11) is 5.54. The number of likely N-dealkylation sites (N-methyl/N-ethyl adjacent to an activating group) is 1. The molecule has 7 nitrogen and oxygen atoms in total. The van der Waals surface area contributed by atoms with Crippen molar-refractivity contribution in [3.63, 3.8) is 0 Å². The lowest BCUT2D eigenvalue weighted by atomic mass is 9.90. The molecule has 2 aromatic rings. The molecule has 2 N–H and O–H groups in total. The van der Waals surface area contributed by atoms with Crippen molar-refractivity contribution in [1.82, 2.24) is 15.5 Å². The van der Waals surface area contributed by atoms with Crippen LogP contribution in [0.1, 0.15) is 78.0 Å². The molecule has 10 heteroatoms. The molecule has 0 bridgehead atoms. The van der Waals surface area contributed by atoms with Gasteiger partial charge in [-0.2, -0.15) is 13.2 Å². The SMILES string of the molecule is C/C=C(\C=C1\C(C(=O)N(C)CCCC)=CC(=NCc2ccc(C(F)(F)F)cc2)NC1C)c1ccc2c(c1)OCO2.CC.CC.CNC. The molecule has 0 saturated carbocycles. The van der Waals surface area contributed by atoms with Gasteiger partial charge in [-0.1, -0.05) is 65.3 Å². The molecule has 0 aliphatic carbocycles. The van der Waals surface area contributed by atoms with Crippen LogP contribution < -0.4 is 20.1 Å². The third kappa shape index (κ3) is 12.2. The van der Waals surface area contributed by atoms with Gasteiger partial charge in [0.2, 0.25) is 6.79 Å². The van der Waals surface area contributed by atoms with Gasteiger partial charge in [0.15, 0.2) is 11.5 Å². The largest absolute Gasteiger partial charge is 0.454 e. The van der Waals surface area contributed by atoms with Crippen molar-refractivity contribution in [3.05, 3.63) is 88.5 Å². The number of hydrogen-bond donors (Lipinski definition) is 2. The zero-order chi connectivity index (χ0) is 35.6. The van der Waals surface area contributed by atoms with Gasteiger partial charge in [-0.3, -0.25) is 9.79 Å². The third-order valence-electron chi connectivity index (χ3n) is 6.89. The number of alkyl halides is 3. The van der Waals surface area contributed by atoms with Crippen molar-refractivity contribution in [2.24, 2.45) is 4.99 Å². The van der Waals surface area contributed by atoms with E-state index in [1.807, 2.05) is 86.0 Å². The van der Waals surface area contributed by atoms with Gasteiger partial charge in [-0.05, 0) is 93.1 Å². The Balaban J connectivity index is 0.00000146. The van der Waals surface area contributed by atoms with E-state index in [1.54, 1.807) is 18.0 Å². The van der Waals surface area contributed by atoms with Gasteiger partial charge < -0.3 is 25.0 Å². The first-order valence-electron chi connectivity index (χ1n) is 16.3. The van der Waals surface area contributed by atoms with Gasteiger partial charge in [-0.25, -0.2) is 0 Å². The number of ether oxygens (including phenoxy) is 2. The molecule has 1 unspecified atom stereocenters. The molecule has 4 rings (SSSR count). The number of amides is 1. The number of unbranched alkanes of at least 4 members (excludes halogenated alkanes) is 1. The number of fused-ring (bicyclic) bond motifs is 1. The van der Waals surface area contributed by atoms with E-state index in [0.29, 0.717) is 35.0 Å². The van der Waals surface area contributed by atoms with E-state index in [0.717, 1.165) is 41.7 Å². The number of amidine groups is 1. The highest BCUT2D eigenvalue weighted by atomic mass is 19.4. The van der Waals surface area contributed by atoms with Gasteiger partial charge in [0.1, 0.15) is 5.84 Å². The number of hydrogen-bond acceptors (Lipinski definition) is 5. The normalized spacial score (nSPS) is 16.8. The first-order chi connectivity index (χ1) is 22.5. The maximum absolute atomic E-state index is 13.6. The quantitative estimate of drug-likeness (QED) is 0.298. The van der Waals surface area contributed by atoms with Crippen LogP contribution in [0.4, 0.5) is 13.2 Å². The topological polar surface area (TPSA) is 75.2 Å². The first-order valence-corrected chi connectivity index (χ1v) is 16.3. The predicted molar refractivity (Wildman–Crippen MR) is 188 cm³/mol. The van der Waals surface area contributed by atoms with Gasteiger partial charge in [0, 0.05) is 19.2 Å². The minimum atomic E-state index is -4.39. The molecule has 1 atom stereocenters. The molecule has 2 aliphatic heterocycles. The molecular formula is C37H53F3N4O3. The summed E-state index contributed by atoms with van der Waals surface area (Å²) in [4.78, 5) is 19.9. The van der Waals surface area contributed by atoms with Crippen LogP contribution in [0.3, 0.4) is 0 Å². The Morgan fingerprint density at radius 2 is 1.68 bits per heavy atom. The van der Waals surface area contributed by atoms with Crippen LogP contribution in [0.25, 0.3) is 5.57 Å². The van der Waals surface area contributed by atoms with Crippen molar-refractivity contribution >= 4 is 17.3 Å². The van der Waals surface area contributed by atoms with E-state index in [-0.39, 0.29) is 25.3 Å². The maximum atomic E-state index is 13.6. The van der Waals surface area contributed by atoms with Crippen LogP contribution in [0.2, 0.25) is 0 Å². The summed E-state index contributed by atoms with van der Waals surface area (Å²) < 4.78 is 49.7. The molecule has 0 fully saturated rings. The highest BCUT2D eigenvalue weighted by Gasteiger charge is 2.30. The van der Waals surface area contributed by atoms with Crippen molar-refractivity contribution in [2.75, 3.05) is 34.5 Å². The Morgan fingerprint density at radius 3 is 2.26 bits per heavy atom. The summed E-state index contributed by atoms with van der Waals surface area (Å²) in [6, 6.07) is 10.4. The summed E-state index contributed by atoms with van der Waals surface area (Å²) in [5.41, 5.74) is 3.12. The molecule has 0 saturated heterocycles. The summed E-state index contributed by atoms with van der Waals surface area (Å²) in [6.07, 6.45) is 3.17. The van der Waals surface area contributed by atoms with Crippen LogP contribution in [0.5, 0.6) is 11.5 Å². The van der Waals surface area contributed by atoms with E-state index < -0.39 is 11.7 Å². The molecule has 0 spiro atoms. The molecule has 47 heavy (non-hydrogen) atoms. The fourth-order valence-electron chi connectivity index (χ4n) is 4.53. The smallest absolute Gasteiger partial charge is 0.416 e. The van der Waals surface area contributed by atoms with Crippen LogP contribution >= 0.6 is 0 Å². The van der Waals surface area contributed by atoms with Crippen LogP contribution in [-0.2, 0) is 17.5 Å². The van der Waals surface area contributed by atoms with Crippen molar-refractivity contribution < 1.29 is 27.4 Å². The number of nitrogens with zero attached hydrogens (tertiary/aromatic N) is 2. The second-order valence-electron chi connectivity index (χ2n) is 10.3. The van der Waals surface area contributed by atoms with Crippen LogP contribution in [-0.4, -0.2) is 57.2 Å². The fraction of sp³-hybridized carbons (Fsp3) is 0.459. The Hall–Kier alpha value is -4.05. The van der Waals surface area contributed by atoms with Gasteiger partial charge >= 0.3 is 6.18 Å². The number of nitrogens with one attached hydrogen (secondary N) is 2. The molecule has 260 valence electrons. The zero-order valence-corrected chi connectivity index (χ0v) is 29.6. The second-order valence-corrected chi connectivity index (χ2v) is 10.3. The van der Waals surface area contributed by atoms with Crippen molar-refractivity contribution in [3.8, 4) is 11.5 Å². The second kappa shape index (κ2) is 20.9. The first kappa shape index (κ1) is 41.0. The lowest BCUT2D eigenvalue weighted by molar-refractivity contribution is -0.137. The summed E-state index contributed by atoms with van der Waals surface area (Å²) in [5, 5.41) is 6.09. The van der Waals surface area contributed by atoms with E-state index in [2.05, 4.69) is 22.5 Å². The van der Waals surface area contributed by atoms with E-state index in [4.69, 9.17) is 9.47 Å². The number of halogens is 3. The average molecular weight is 659 g/mol. The lowest BCUT2D eigenvalue weighted by Crippen LogP contribution is -2.41. The summed E-state index contributed by atoms with van der Waals surface area (Å²) in [6.45, 7) is 15.0. The molecule has 2 heterocycles. The van der Waals surface area contributed by atoms with E-state index >= 15 is 0 Å². The van der Waals surface area contributed by atoms with Crippen LogP contribution in [0.15, 0.2) is 76.8 Å². The number of carbonyl (C=O) groups excluding carboxylic acids is 1. The van der Waals surface area contributed by atoms with Gasteiger partial charge in [0.25, 0.3) is 5.91 Å². The van der Waals surface area contributed by atoms with E-state index in [1.165, 1.54) is 12.1 Å². The highest BCUT2D eigenvalue weighted by molar-refractivity contribution is 6.08. The third-order valence-corrected chi connectivity index (χ3v) is 6.89. The number of aliphatic imine (C=N–C) groups is 1. The number of rotatable bonds is 8. The molecule has 0 aromatic heterocycles. The lowest BCUT2D eigenvalue weighted by Gasteiger charge is -2.29. The molecule has 1 amide bonds. The van der Waals surface area contributed by atoms with Crippen molar-refractivity contribution in [2.45, 2.75) is 80.1 Å². The standard InChI is InChI=1S/C31H34F3N3O3.C2H7N.2C2H6/c1-5-7-14-37(4)30(38)26-17-29(35-18-21-8-11-24(12-9-21)31(32,33)34)36-20(3)25(26)15-22(6-2)23-10-13-27-28(16-23)40-19-39-27;1-3-2;2*1-2/h6,8-13,15-17,20H,5,7,14,18-19H2,1-4H3,(H,35,36);3H,1-2H3;2*1-2H3/b22-6+,25-15+;;;. The fourth-order valence-corrected chi connectivity index (χ4v) is 4.53. The minimum absolute atomic E-state index is 0.114. The van der Waals surface area contributed by atoms with Crippen LogP contribution in [0, 0.1) is 0 Å². The maximum Gasteiger partial charge on any atom is 0.416 e. The Labute approximate surface area is 279 Å². The Morgan fingerprint density at radius 1 is 1.06 bits per heavy atom. The van der Waals surface area contributed by atoms with Gasteiger partial charge in [0.05, 0.1) is 18.2 Å². The van der Waals surface area contributed by atoms with Gasteiger partial charge in [-0.15, -0.1) is 0 Å². The molecule has 2 aliphatic rings. The summed E-state index contributed by atoms with van der Waals surface area (Å²) in [5.74, 6) is 1.76. The van der Waals surface area contributed by atoms with Crippen molar-refractivity contribution in [1.29, 1.82) is 0 Å². The highest BCUT2D eigenvalue weighted by Crippen LogP contribution is 2.36. The Kier molecular flexibility index (Phi) is 18.3. The number of allylic oxidation sites excluding steroid dienone is 3. The zero-order valence-electron chi connectivity index (χ0n) is 29.6. The summed E-state index contributed by atoms with van der Waals surface area (Å²) >= 11 is 0. The molecular weight excluding hydrogens is 605 g/mol. The Bertz CT molecular complexity index is 1380. The number of carbonyl (C=O) groups is 1.